The second kappa shape index (κ2) is 3.95. The van der Waals surface area contributed by atoms with Gasteiger partial charge in [-0.05, 0) is 33.6 Å². The van der Waals surface area contributed by atoms with Crippen molar-refractivity contribution in [3.05, 3.63) is 27.9 Å². The van der Waals surface area contributed by atoms with E-state index in [1.807, 2.05) is 0 Å². The van der Waals surface area contributed by atoms with E-state index >= 15 is 0 Å². The summed E-state index contributed by atoms with van der Waals surface area (Å²) < 4.78 is 0. The molecule has 1 saturated carbocycles. The highest BCUT2D eigenvalue weighted by Crippen LogP contribution is 2.45. The Morgan fingerprint density at radius 1 is 1.47 bits per heavy atom. The second-order valence-electron chi connectivity index (χ2n) is 6.25. The van der Waals surface area contributed by atoms with E-state index in [4.69, 9.17) is 0 Å². The van der Waals surface area contributed by atoms with Crippen LogP contribution in [0.1, 0.15) is 52.1 Å². The number of aromatic nitrogens is 2. The smallest absolute Gasteiger partial charge is 0.251 e. The average molecular weight is 235 g/mol. The predicted molar refractivity (Wildman–Crippen MR) is 68.0 cm³/mol. The maximum atomic E-state index is 11.6. The molecule has 0 radical (unpaired) electrons. The first-order valence-corrected chi connectivity index (χ1v) is 6.14. The summed E-state index contributed by atoms with van der Waals surface area (Å²) in [5, 5.41) is 3.35. The highest BCUT2D eigenvalue weighted by Gasteiger charge is 2.41. The zero-order chi connectivity index (χ0) is 12.7. The van der Waals surface area contributed by atoms with Crippen LogP contribution in [-0.4, -0.2) is 15.5 Å². The molecule has 17 heavy (non-hydrogen) atoms. The van der Waals surface area contributed by atoms with Crippen LogP contribution < -0.4 is 10.9 Å². The summed E-state index contributed by atoms with van der Waals surface area (Å²) in [6, 6.07) is 1.58. The molecule has 1 aromatic rings. The van der Waals surface area contributed by atoms with Crippen molar-refractivity contribution in [1.82, 2.24) is 15.3 Å². The maximum absolute atomic E-state index is 11.6. The first-order chi connectivity index (χ1) is 7.78. The molecule has 0 bridgehead atoms. The molecule has 1 aliphatic carbocycles. The Labute approximate surface area is 102 Å². The minimum Gasteiger partial charge on any atom is -0.310 e. The number of nitrogens with zero attached hydrogens (tertiary/aromatic N) is 1. The first-order valence-electron chi connectivity index (χ1n) is 6.14. The summed E-state index contributed by atoms with van der Waals surface area (Å²) in [5.41, 5.74) is 0.922. The van der Waals surface area contributed by atoms with E-state index in [0.717, 1.165) is 24.4 Å². The number of aromatic amines is 1. The zero-order valence-electron chi connectivity index (χ0n) is 11.1. The molecule has 1 heterocycles. The van der Waals surface area contributed by atoms with Crippen molar-refractivity contribution >= 4 is 0 Å². The first kappa shape index (κ1) is 12.3. The van der Waals surface area contributed by atoms with E-state index in [1.165, 1.54) is 0 Å². The lowest BCUT2D eigenvalue weighted by molar-refractivity contribution is 0.420. The molecule has 0 aromatic carbocycles. The number of hydrogen-bond acceptors (Lipinski definition) is 3. The van der Waals surface area contributed by atoms with Crippen LogP contribution in [0.15, 0.2) is 10.9 Å². The normalized spacial score (nSPS) is 18.1. The van der Waals surface area contributed by atoms with Gasteiger partial charge < -0.3 is 10.3 Å². The molecule has 2 N–H and O–H groups in total. The lowest BCUT2D eigenvalue weighted by Crippen LogP contribution is -2.36. The fourth-order valence-corrected chi connectivity index (χ4v) is 1.66. The van der Waals surface area contributed by atoms with E-state index in [9.17, 15) is 4.79 Å². The predicted octanol–water partition coefficient (Wildman–Crippen LogP) is 1.71. The van der Waals surface area contributed by atoms with Gasteiger partial charge in [0.25, 0.3) is 5.56 Å². The molecule has 1 aromatic heterocycles. The van der Waals surface area contributed by atoms with Crippen LogP contribution in [0.5, 0.6) is 0 Å². The molecule has 0 spiro atoms. The van der Waals surface area contributed by atoms with Crippen LogP contribution in [0.4, 0.5) is 0 Å². The Balaban J connectivity index is 2.18. The van der Waals surface area contributed by atoms with E-state index in [0.29, 0.717) is 6.54 Å². The molecule has 0 aliphatic heterocycles. The molecule has 1 aliphatic rings. The van der Waals surface area contributed by atoms with Crippen LogP contribution in [0.25, 0.3) is 0 Å². The van der Waals surface area contributed by atoms with Gasteiger partial charge in [0.2, 0.25) is 0 Å². The van der Waals surface area contributed by atoms with Gasteiger partial charge in [0.1, 0.15) is 5.82 Å². The largest absolute Gasteiger partial charge is 0.310 e. The van der Waals surface area contributed by atoms with E-state index in [2.05, 4.69) is 43.0 Å². The fourth-order valence-electron chi connectivity index (χ4n) is 1.66. The molecule has 0 amide bonds. The number of rotatable bonds is 3. The summed E-state index contributed by atoms with van der Waals surface area (Å²) >= 11 is 0. The van der Waals surface area contributed by atoms with E-state index in [-0.39, 0.29) is 16.5 Å². The summed E-state index contributed by atoms with van der Waals surface area (Å²) in [6.45, 7) is 9.08. The number of H-pyrrole nitrogens is 1. The summed E-state index contributed by atoms with van der Waals surface area (Å²) in [5.74, 6) is 0.843. The van der Waals surface area contributed by atoms with Gasteiger partial charge in [0.15, 0.2) is 0 Å². The van der Waals surface area contributed by atoms with Gasteiger partial charge in [-0.25, -0.2) is 4.98 Å². The quantitative estimate of drug-likeness (QED) is 0.838. The third-order valence-electron chi connectivity index (χ3n) is 3.17. The van der Waals surface area contributed by atoms with Gasteiger partial charge in [0, 0.05) is 23.6 Å². The highest BCUT2D eigenvalue weighted by atomic mass is 16.1. The fraction of sp³-hybridized carbons (Fsp3) is 0.692. The molecular formula is C13H21N3O. The third kappa shape index (κ3) is 3.16. The average Bonchev–Trinajstić information content (AvgIpc) is 2.93. The van der Waals surface area contributed by atoms with E-state index < -0.39 is 0 Å². The van der Waals surface area contributed by atoms with Gasteiger partial charge in [-0.2, -0.15) is 0 Å². The monoisotopic (exact) mass is 235 g/mol. The minimum absolute atomic E-state index is 0.0356. The summed E-state index contributed by atoms with van der Waals surface area (Å²) in [4.78, 5) is 19.0. The van der Waals surface area contributed by atoms with Crippen LogP contribution >= 0.6 is 0 Å². The van der Waals surface area contributed by atoms with Crippen molar-refractivity contribution < 1.29 is 0 Å². The van der Waals surface area contributed by atoms with Gasteiger partial charge >= 0.3 is 0 Å². The molecule has 1 fully saturated rings. The Morgan fingerprint density at radius 2 is 2.12 bits per heavy atom. The Hall–Kier alpha value is -1.16. The summed E-state index contributed by atoms with van der Waals surface area (Å²) in [6.07, 6.45) is 2.23. The van der Waals surface area contributed by atoms with Crippen molar-refractivity contribution in [2.45, 2.75) is 58.0 Å². The lowest BCUT2D eigenvalue weighted by atomic mass is 10.1. The zero-order valence-corrected chi connectivity index (χ0v) is 11.1. The molecule has 4 heteroatoms. The van der Waals surface area contributed by atoms with Gasteiger partial charge in [-0.1, -0.05) is 6.92 Å². The molecule has 0 unspecified atom stereocenters. The Bertz CT molecular complexity index is 466. The minimum atomic E-state index is -0.0474. The SMILES string of the molecule is CC(C)(C)NCc1cc(=O)[nH]c(C2(C)CC2)n1. The summed E-state index contributed by atoms with van der Waals surface area (Å²) in [7, 11) is 0. The molecular weight excluding hydrogens is 214 g/mol. The molecule has 4 nitrogen and oxygen atoms in total. The maximum Gasteiger partial charge on any atom is 0.251 e. The van der Waals surface area contributed by atoms with Crippen molar-refractivity contribution in [2.24, 2.45) is 0 Å². The molecule has 94 valence electrons. The van der Waals surface area contributed by atoms with Crippen LogP contribution in [0.3, 0.4) is 0 Å². The second-order valence-corrected chi connectivity index (χ2v) is 6.25. The van der Waals surface area contributed by atoms with E-state index in [1.54, 1.807) is 6.07 Å². The highest BCUT2D eigenvalue weighted by molar-refractivity contribution is 5.17. The number of nitrogens with one attached hydrogen (secondary N) is 2. The number of hydrogen-bond donors (Lipinski definition) is 2. The van der Waals surface area contributed by atoms with Crippen LogP contribution in [-0.2, 0) is 12.0 Å². The third-order valence-corrected chi connectivity index (χ3v) is 3.17. The molecule has 0 atom stereocenters. The van der Waals surface area contributed by atoms with Gasteiger partial charge in [-0.3, -0.25) is 4.79 Å². The van der Waals surface area contributed by atoms with Crippen LogP contribution in [0.2, 0.25) is 0 Å². The van der Waals surface area contributed by atoms with Crippen molar-refractivity contribution in [3.8, 4) is 0 Å². The Morgan fingerprint density at radius 3 is 2.65 bits per heavy atom. The molecule has 2 rings (SSSR count). The van der Waals surface area contributed by atoms with Crippen LogP contribution in [0, 0.1) is 0 Å². The lowest BCUT2D eigenvalue weighted by Gasteiger charge is -2.20. The van der Waals surface area contributed by atoms with Crippen molar-refractivity contribution in [3.63, 3.8) is 0 Å². The Kier molecular flexibility index (Phi) is 2.86. The van der Waals surface area contributed by atoms with Crippen molar-refractivity contribution in [1.29, 1.82) is 0 Å². The van der Waals surface area contributed by atoms with Gasteiger partial charge in [-0.15, -0.1) is 0 Å². The van der Waals surface area contributed by atoms with Gasteiger partial charge in [0.05, 0.1) is 5.69 Å². The van der Waals surface area contributed by atoms with Crippen molar-refractivity contribution in [2.75, 3.05) is 0 Å². The molecule has 0 saturated heterocycles. The topological polar surface area (TPSA) is 57.8 Å². The standard InChI is InChI=1S/C13H21N3O/c1-12(2,3)14-8-9-7-10(17)16-11(15-9)13(4)5-6-13/h7,14H,5-6,8H2,1-4H3,(H,15,16,17).